The lowest BCUT2D eigenvalue weighted by Crippen LogP contribution is -2.51. The molecule has 2 aliphatic heterocycles. The molecule has 0 amide bonds. The number of ether oxygens (including phenoxy) is 1. The van der Waals surface area contributed by atoms with Gasteiger partial charge in [-0.05, 0) is 55.6 Å². The zero-order chi connectivity index (χ0) is 17.7. The molecule has 0 saturated carbocycles. The van der Waals surface area contributed by atoms with Gasteiger partial charge in [-0.3, -0.25) is 4.90 Å². The molecule has 1 aromatic heterocycles. The molecule has 2 aliphatic rings. The monoisotopic (exact) mass is 366 g/mol. The van der Waals surface area contributed by atoms with Gasteiger partial charge >= 0.3 is 0 Å². The van der Waals surface area contributed by atoms with E-state index in [1.165, 1.54) is 19.4 Å². The van der Waals surface area contributed by atoms with Crippen LogP contribution in [0.25, 0.3) is 0 Å². The summed E-state index contributed by atoms with van der Waals surface area (Å²) in [4.78, 5) is 7.11. The van der Waals surface area contributed by atoms with E-state index in [4.69, 9.17) is 4.74 Å². The molecule has 3 unspecified atom stereocenters. The first-order chi connectivity index (χ1) is 12.1. The van der Waals surface area contributed by atoms with Crippen molar-refractivity contribution in [2.75, 3.05) is 39.3 Å². The van der Waals surface area contributed by atoms with Crippen LogP contribution in [0.2, 0.25) is 0 Å². The van der Waals surface area contributed by atoms with Crippen molar-refractivity contribution < 1.29 is 9.84 Å². The third kappa shape index (κ3) is 4.94. The number of aliphatic imine (C=N–C) groups is 1. The second kappa shape index (κ2) is 8.49. The molecule has 2 saturated heterocycles. The fraction of sp³-hybridized carbons (Fsp3) is 0.722. The Hall–Kier alpha value is -1.15. The van der Waals surface area contributed by atoms with E-state index in [1.807, 2.05) is 23.8 Å². The number of morpholine rings is 1. The number of nitrogens with zero attached hydrogens (tertiary/aromatic N) is 2. The second-order valence-corrected chi connectivity index (χ2v) is 7.89. The fourth-order valence-corrected chi connectivity index (χ4v) is 4.24. The molecule has 7 heteroatoms. The van der Waals surface area contributed by atoms with Gasteiger partial charge in [0.05, 0.1) is 19.3 Å². The van der Waals surface area contributed by atoms with Gasteiger partial charge in [0.2, 0.25) is 0 Å². The molecule has 25 heavy (non-hydrogen) atoms. The SMILES string of the molecule is CCNC(=NCC(C)(O)c1ccsc1)NCC1CN2CCCC2CO1. The molecule has 3 rings (SSSR count). The van der Waals surface area contributed by atoms with Crippen LogP contribution in [0, 0.1) is 0 Å². The maximum absolute atomic E-state index is 10.6. The maximum atomic E-state index is 10.6. The molecule has 0 aliphatic carbocycles. The first-order valence-corrected chi connectivity index (χ1v) is 10.2. The van der Waals surface area contributed by atoms with Crippen LogP contribution in [-0.2, 0) is 10.3 Å². The number of nitrogens with one attached hydrogen (secondary N) is 2. The highest BCUT2D eigenvalue weighted by Crippen LogP contribution is 2.23. The molecule has 6 nitrogen and oxygen atoms in total. The Bertz CT molecular complexity index is 561. The summed E-state index contributed by atoms with van der Waals surface area (Å²) in [5.41, 5.74) is -0.0419. The zero-order valence-corrected chi connectivity index (χ0v) is 16.0. The molecular weight excluding hydrogens is 336 g/mol. The van der Waals surface area contributed by atoms with Gasteiger partial charge in [0.1, 0.15) is 5.60 Å². The Morgan fingerprint density at radius 1 is 1.52 bits per heavy atom. The molecule has 0 spiro atoms. The van der Waals surface area contributed by atoms with E-state index >= 15 is 0 Å². The Kier molecular flexibility index (Phi) is 6.33. The van der Waals surface area contributed by atoms with Crippen molar-refractivity contribution in [3.8, 4) is 0 Å². The normalized spacial score (nSPS) is 26.9. The van der Waals surface area contributed by atoms with Gasteiger partial charge < -0.3 is 20.5 Å². The van der Waals surface area contributed by atoms with Crippen molar-refractivity contribution >= 4 is 17.3 Å². The summed E-state index contributed by atoms with van der Waals surface area (Å²) in [6, 6.07) is 2.57. The zero-order valence-electron chi connectivity index (χ0n) is 15.2. The Morgan fingerprint density at radius 3 is 3.16 bits per heavy atom. The van der Waals surface area contributed by atoms with E-state index in [0.717, 1.165) is 37.8 Å². The molecular formula is C18H30N4O2S. The van der Waals surface area contributed by atoms with Crippen molar-refractivity contribution in [3.05, 3.63) is 22.4 Å². The summed E-state index contributed by atoms with van der Waals surface area (Å²) in [5, 5.41) is 21.2. The highest BCUT2D eigenvalue weighted by atomic mass is 32.1. The van der Waals surface area contributed by atoms with E-state index in [9.17, 15) is 5.11 Å². The standard InChI is InChI=1S/C18H30N4O2S/c1-3-19-17(21-13-18(2,23)14-6-8-25-12-14)20-9-16-10-22-7-4-5-15(22)11-24-16/h6,8,12,15-16,23H,3-5,7,9-11,13H2,1-2H3,(H2,19,20,21). The van der Waals surface area contributed by atoms with Gasteiger partial charge in [0.25, 0.3) is 0 Å². The molecule has 3 atom stereocenters. The lowest BCUT2D eigenvalue weighted by atomic mass is 10.00. The lowest BCUT2D eigenvalue weighted by Gasteiger charge is -2.35. The van der Waals surface area contributed by atoms with Crippen molar-refractivity contribution in [1.82, 2.24) is 15.5 Å². The average molecular weight is 367 g/mol. The quantitative estimate of drug-likeness (QED) is 0.524. The molecule has 3 heterocycles. The number of aliphatic hydroxyl groups is 1. The van der Waals surface area contributed by atoms with E-state index < -0.39 is 5.60 Å². The first kappa shape index (κ1) is 18.6. The van der Waals surface area contributed by atoms with Gasteiger partial charge in [-0.2, -0.15) is 11.3 Å². The predicted molar refractivity (Wildman–Crippen MR) is 102 cm³/mol. The van der Waals surface area contributed by atoms with Gasteiger partial charge in [-0.25, -0.2) is 4.99 Å². The van der Waals surface area contributed by atoms with Gasteiger partial charge in [-0.1, -0.05) is 0 Å². The van der Waals surface area contributed by atoms with Gasteiger partial charge in [-0.15, -0.1) is 0 Å². The largest absolute Gasteiger partial charge is 0.383 e. The number of thiophene rings is 1. The number of hydrogen-bond donors (Lipinski definition) is 3. The van der Waals surface area contributed by atoms with Crippen LogP contribution in [0.15, 0.2) is 21.8 Å². The topological polar surface area (TPSA) is 69.1 Å². The van der Waals surface area contributed by atoms with Crippen molar-refractivity contribution in [1.29, 1.82) is 0 Å². The van der Waals surface area contributed by atoms with E-state index in [0.29, 0.717) is 12.6 Å². The minimum atomic E-state index is -0.952. The molecule has 2 fully saturated rings. The van der Waals surface area contributed by atoms with Crippen LogP contribution in [-0.4, -0.2) is 67.4 Å². The van der Waals surface area contributed by atoms with Crippen LogP contribution in [0.3, 0.4) is 0 Å². The van der Waals surface area contributed by atoms with Gasteiger partial charge in [0, 0.05) is 25.7 Å². The summed E-state index contributed by atoms with van der Waals surface area (Å²) in [6.45, 7) is 8.71. The lowest BCUT2D eigenvalue weighted by molar-refractivity contribution is -0.0453. The van der Waals surface area contributed by atoms with Crippen molar-refractivity contribution in [2.45, 2.75) is 44.4 Å². The summed E-state index contributed by atoms with van der Waals surface area (Å²) in [6.07, 6.45) is 2.74. The fourth-order valence-electron chi connectivity index (χ4n) is 3.46. The van der Waals surface area contributed by atoms with E-state index in [2.05, 4.69) is 20.5 Å². The molecule has 0 bridgehead atoms. The third-order valence-corrected chi connectivity index (χ3v) is 5.67. The Labute approximate surface area is 154 Å². The van der Waals surface area contributed by atoms with Crippen molar-refractivity contribution in [2.24, 2.45) is 4.99 Å². The molecule has 0 aromatic carbocycles. The molecule has 0 radical (unpaired) electrons. The predicted octanol–water partition coefficient (Wildman–Crippen LogP) is 1.37. The number of fused-ring (bicyclic) bond motifs is 1. The Morgan fingerprint density at radius 2 is 2.40 bits per heavy atom. The Balaban J connectivity index is 1.52. The molecule has 140 valence electrons. The summed E-state index contributed by atoms with van der Waals surface area (Å²) < 4.78 is 5.99. The van der Waals surface area contributed by atoms with E-state index in [1.54, 1.807) is 18.3 Å². The average Bonchev–Trinajstić information content (AvgIpc) is 3.28. The smallest absolute Gasteiger partial charge is 0.191 e. The summed E-state index contributed by atoms with van der Waals surface area (Å²) in [7, 11) is 0. The van der Waals surface area contributed by atoms with Crippen LogP contribution in [0.5, 0.6) is 0 Å². The maximum Gasteiger partial charge on any atom is 0.191 e. The highest BCUT2D eigenvalue weighted by molar-refractivity contribution is 7.08. The summed E-state index contributed by atoms with van der Waals surface area (Å²) in [5.74, 6) is 0.727. The van der Waals surface area contributed by atoms with Crippen LogP contribution < -0.4 is 10.6 Å². The van der Waals surface area contributed by atoms with Gasteiger partial charge in [0.15, 0.2) is 5.96 Å². The number of guanidine groups is 1. The van der Waals surface area contributed by atoms with E-state index in [-0.39, 0.29) is 6.10 Å². The minimum Gasteiger partial charge on any atom is -0.383 e. The minimum absolute atomic E-state index is 0.190. The third-order valence-electron chi connectivity index (χ3n) is 4.99. The number of hydrogen-bond acceptors (Lipinski definition) is 5. The van der Waals surface area contributed by atoms with Crippen LogP contribution >= 0.6 is 11.3 Å². The second-order valence-electron chi connectivity index (χ2n) is 7.11. The molecule has 3 N–H and O–H groups in total. The number of rotatable bonds is 6. The molecule has 1 aromatic rings. The highest BCUT2D eigenvalue weighted by Gasteiger charge is 2.32. The van der Waals surface area contributed by atoms with Crippen LogP contribution in [0.4, 0.5) is 0 Å². The summed E-state index contributed by atoms with van der Waals surface area (Å²) >= 11 is 1.59. The van der Waals surface area contributed by atoms with Crippen molar-refractivity contribution in [3.63, 3.8) is 0 Å². The first-order valence-electron chi connectivity index (χ1n) is 9.21. The van der Waals surface area contributed by atoms with Crippen LogP contribution in [0.1, 0.15) is 32.3 Å².